The Morgan fingerprint density at radius 1 is 1.10 bits per heavy atom. The van der Waals surface area contributed by atoms with Crippen LogP contribution in [0.1, 0.15) is 32.1 Å². The third kappa shape index (κ3) is 1.46. The molecule has 0 spiro atoms. The third-order valence-electron chi connectivity index (χ3n) is 2.90. The predicted molar refractivity (Wildman–Crippen MR) is 45.3 cm³/mol. The van der Waals surface area contributed by atoms with Crippen molar-refractivity contribution in [2.24, 2.45) is 17.6 Å². The quantitative estimate of drug-likeness (QED) is 0.625. The lowest BCUT2D eigenvalue weighted by molar-refractivity contribution is 0.469. The van der Waals surface area contributed by atoms with Crippen LogP contribution in [0.2, 0.25) is 0 Å². The minimum Gasteiger partial charge on any atom is -0.327 e. The monoisotopic (exact) mass is 161 g/mol. The Bertz CT molecular complexity index is 110. The van der Waals surface area contributed by atoms with Crippen LogP contribution < -0.4 is 5.73 Å². The molecule has 0 bridgehead atoms. The molecule has 0 radical (unpaired) electrons. The van der Waals surface area contributed by atoms with Crippen molar-refractivity contribution in [3.8, 4) is 0 Å². The van der Waals surface area contributed by atoms with Crippen molar-refractivity contribution in [3.05, 3.63) is 0 Å². The Kier molecular flexibility index (Phi) is 2.59. The van der Waals surface area contributed by atoms with Crippen molar-refractivity contribution in [1.29, 1.82) is 0 Å². The molecule has 0 heterocycles. The summed E-state index contributed by atoms with van der Waals surface area (Å²) in [7, 11) is 0. The number of nitrogens with two attached hydrogens (primary N) is 1. The fraction of sp³-hybridized carbons (Fsp3) is 1.00. The molecule has 2 fully saturated rings. The van der Waals surface area contributed by atoms with E-state index in [1.807, 2.05) is 0 Å². The van der Waals surface area contributed by atoms with Gasteiger partial charge in [-0.1, -0.05) is 25.7 Å². The average Bonchev–Trinajstić information content (AvgIpc) is 2.44. The van der Waals surface area contributed by atoms with Gasteiger partial charge in [0.15, 0.2) is 0 Å². The van der Waals surface area contributed by atoms with Crippen molar-refractivity contribution in [1.82, 2.24) is 0 Å². The number of halogens is 1. The van der Waals surface area contributed by atoms with Crippen molar-refractivity contribution >= 4 is 12.4 Å². The normalized spacial score (nSPS) is 39.3. The Hall–Kier alpha value is 0.250. The smallest absolute Gasteiger partial charge is 0.00737 e. The van der Waals surface area contributed by atoms with Gasteiger partial charge in [-0.05, 0) is 18.3 Å². The molecule has 0 aliphatic heterocycles. The van der Waals surface area contributed by atoms with Gasteiger partial charge in [-0.25, -0.2) is 0 Å². The zero-order valence-corrected chi connectivity index (χ0v) is 7.07. The summed E-state index contributed by atoms with van der Waals surface area (Å²) in [5, 5.41) is 0. The molecule has 60 valence electrons. The Morgan fingerprint density at radius 3 is 2.00 bits per heavy atom. The minimum absolute atomic E-state index is 0. The highest BCUT2D eigenvalue weighted by Crippen LogP contribution is 2.43. The van der Waals surface area contributed by atoms with Crippen LogP contribution in [0.3, 0.4) is 0 Å². The zero-order valence-electron chi connectivity index (χ0n) is 6.25. The molecule has 2 N–H and O–H groups in total. The van der Waals surface area contributed by atoms with Crippen molar-refractivity contribution in [2.75, 3.05) is 0 Å². The van der Waals surface area contributed by atoms with Crippen LogP contribution in [-0.4, -0.2) is 6.04 Å². The number of hydrogen-bond acceptors (Lipinski definition) is 1. The maximum absolute atomic E-state index is 5.75. The fourth-order valence-electron chi connectivity index (χ4n) is 2.16. The van der Waals surface area contributed by atoms with Gasteiger partial charge in [0.1, 0.15) is 0 Å². The van der Waals surface area contributed by atoms with Gasteiger partial charge in [-0.15, -0.1) is 12.4 Å². The standard InChI is InChI=1S/C8H15N.ClH/c9-8-5-7(8)6-3-1-2-4-6;/h6-8H,1-5,9H2;1H. The van der Waals surface area contributed by atoms with Gasteiger partial charge >= 0.3 is 0 Å². The highest BCUT2D eigenvalue weighted by Gasteiger charge is 2.40. The molecule has 2 heteroatoms. The second-order valence-electron chi connectivity index (χ2n) is 3.61. The minimum atomic E-state index is 0. The van der Waals surface area contributed by atoms with E-state index in [9.17, 15) is 0 Å². The molecular weight excluding hydrogens is 146 g/mol. The van der Waals surface area contributed by atoms with Gasteiger partial charge in [0.25, 0.3) is 0 Å². The van der Waals surface area contributed by atoms with Gasteiger partial charge in [0.2, 0.25) is 0 Å². The Morgan fingerprint density at radius 2 is 1.60 bits per heavy atom. The maximum Gasteiger partial charge on any atom is 0.00737 e. The zero-order chi connectivity index (χ0) is 6.27. The van der Waals surface area contributed by atoms with E-state index in [0.717, 1.165) is 11.8 Å². The van der Waals surface area contributed by atoms with E-state index in [1.54, 1.807) is 0 Å². The van der Waals surface area contributed by atoms with Crippen LogP contribution in [0.5, 0.6) is 0 Å². The maximum atomic E-state index is 5.75. The van der Waals surface area contributed by atoms with E-state index in [2.05, 4.69) is 0 Å². The summed E-state index contributed by atoms with van der Waals surface area (Å²) in [5.74, 6) is 1.97. The molecule has 2 unspecified atom stereocenters. The summed E-state index contributed by atoms with van der Waals surface area (Å²) < 4.78 is 0. The van der Waals surface area contributed by atoms with Crippen molar-refractivity contribution in [2.45, 2.75) is 38.1 Å². The topological polar surface area (TPSA) is 26.0 Å². The molecule has 0 aromatic carbocycles. The molecule has 0 saturated heterocycles. The second kappa shape index (κ2) is 3.10. The van der Waals surface area contributed by atoms with E-state index in [1.165, 1.54) is 32.1 Å². The van der Waals surface area contributed by atoms with E-state index >= 15 is 0 Å². The molecule has 2 rings (SSSR count). The summed E-state index contributed by atoms with van der Waals surface area (Å²) >= 11 is 0. The van der Waals surface area contributed by atoms with Crippen LogP contribution >= 0.6 is 12.4 Å². The van der Waals surface area contributed by atoms with Gasteiger partial charge in [-0.2, -0.15) is 0 Å². The highest BCUT2D eigenvalue weighted by molar-refractivity contribution is 5.85. The first kappa shape index (κ1) is 8.35. The molecule has 0 aromatic rings. The van der Waals surface area contributed by atoms with E-state index < -0.39 is 0 Å². The van der Waals surface area contributed by atoms with Gasteiger partial charge in [0.05, 0.1) is 0 Å². The number of rotatable bonds is 1. The second-order valence-corrected chi connectivity index (χ2v) is 3.61. The molecule has 2 aliphatic rings. The van der Waals surface area contributed by atoms with Crippen LogP contribution in [0.25, 0.3) is 0 Å². The van der Waals surface area contributed by atoms with E-state index in [4.69, 9.17) is 5.73 Å². The first-order valence-electron chi connectivity index (χ1n) is 4.13. The molecular formula is C8H16ClN. The lowest BCUT2D eigenvalue weighted by Gasteiger charge is -2.04. The Balaban J connectivity index is 0.000000500. The van der Waals surface area contributed by atoms with Gasteiger partial charge in [0, 0.05) is 6.04 Å². The van der Waals surface area contributed by atoms with Gasteiger partial charge in [-0.3, -0.25) is 0 Å². The van der Waals surface area contributed by atoms with E-state index in [-0.39, 0.29) is 12.4 Å². The summed E-state index contributed by atoms with van der Waals surface area (Å²) in [6.45, 7) is 0. The summed E-state index contributed by atoms with van der Waals surface area (Å²) in [6, 6.07) is 0.591. The molecule has 2 saturated carbocycles. The fourth-order valence-corrected chi connectivity index (χ4v) is 2.16. The van der Waals surface area contributed by atoms with Crippen LogP contribution in [-0.2, 0) is 0 Å². The summed E-state index contributed by atoms with van der Waals surface area (Å²) in [6.07, 6.45) is 7.20. The molecule has 2 aliphatic carbocycles. The highest BCUT2D eigenvalue weighted by atomic mass is 35.5. The lowest BCUT2D eigenvalue weighted by Crippen LogP contribution is -2.07. The molecule has 2 atom stereocenters. The SMILES string of the molecule is Cl.NC1CC1C1CCCC1. The van der Waals surface area contributed by atoms with Crippen molar-refractivity contribution in [3.63, 3.8) is 0 Å². The van der Waals surface area contributed by atoms with E-state index in [0.29, 0.717) is 6.04 Å². The number of hydrogen-bond donors (Lipinski definition) is 1. The van der Waals surface area contributed by atoms with Crippen LogP contribution in [0.4, 0.5) is 0 Å². The third-order valence-corrected chi connectivity index (χ3v) is 2.90. The summed E-state index contributed by atoms with van der Waals surface area (Å²) in [4.78, 5) is 0. The molecule has 0 amide bonds. The molecule has 0 aromatic heterocycles. The predicted octanol–water partition coefficient (Wildman–Crippen LogP) is 1.95. The largest absolute Gasteiger partial charge is 0.327 e. The molecule has 10 heavy (non-hydrogen) atoms. The van der Waals surface area contributed by atoms with Crippen molar-refractivity contribution < 1.29 is 0 Å². The van der Waals surface area contributed by atoms with Gasteiger partial charge < -0.3 is 5.73 Å². The molecule has 1 nitrogen and oxygen atoms in total. The Labute approximate surface area is 68.8 Å². The summed E-state index contributed by atoms with van der Waals surface area (Å²) in [5.41, 5.74) is 5.75. The first-order valence-corrected chi connectivity index (χ1v) is 4.13. The van der Waals surface area contributed by atoms with Crippen LogP contribution in [0.15, 0.2) is 0 Å². The van der Waals surface area contributed by atoms with Crippen LogP contribution in [0, 0.1) is 11.8 Å². The first-order chi connectivity index (χ1) is 4.38. The average molecular weight is 162 g/mol. The lowest BCUT2D eigenvalue weighted by atomic mass is 10.0.